The minimum atomic E-state index is -1.21. The standard InChI is InChI=1S/C15H17I3N2O6/c1-15(2,5-21)20-13(23)7-9(16)8(14(24)25)11(18)12(10(7)17)19-6(22)4-26-3/h21H,4-5H2,1-3H3,(H,19,22)(H,20,23)(H,24,25). The van der Waals surface area contributed by atoms with Crippen LogP contribution in [0.5, 0.6) is 0 Å². The van der Waals surface area contributed by atoms with Crippen LogP contribution in [-0.2, 0) is 9.53 Å². The molecule has 1 aromatic carbocycles. The molecule has 144 valence electrons. The number of amides is 2. The van der Waals surface area contributed by atoms with Gasteiger partial charge in [0.2, 0.25) is 5.91 Å². The van der Waals surface area contributed by atoms with Crippen LogP contribution < -0.4 is 10.6 Å². The Kier molecular flexibility index (Phi) is 8.95. The van der Waals surface area contributed by atoms with E-state index in [9.17, 15) is 24.6 Å². The Labute approximate surface area is 191 Å². The molecule has 0 aliphatic carbocycles. The number of ether oxygens (including phenoxy) is 1. The molecule has 0 radical (unpaired) electrons. The summed E-state index contributed by atoms with van der Waals surface area (Å²) in [5.74, 6) is -2.23. The topological polar surface area (TPSA) is 125 Å². The maximum atomic E-state index is 12.7. The van der Waals surface area contributed by atoms with Gasteiger partial charge in [-0.3, -0.25) is 9.59 Å². The fourth-order valence-corrected chi connectivity index (χ4v) is 6.26. The van der Waals surface area contributed by atoms with Gasteiger partial charge in [-0.25, -0.2) is 4.79 Å². The van der Waals surface area contributed by atoms with Crippen molar-refractivity contribution in [3.8, 4) is 0 Å². The van der Waals surface area contributed by atoms with Crippen LogP contribution in [0.1, 0.15) is 34.6 Å². The summed E-state index contributed by atoms with van der Waals surface area (Å²) in [4.78, 5) is 36.4. The summed E-state index contributed by atoms with van der Waals surface area (Å²) in [6, 6.07) is 0. The van der Waals surface area contributed by atoms with Gasteiger partial charge in [0.1, 0.15) is 6.61 Å². The number of anilines is 1. The molecule has 26 heavy (non-hydrogen) atoms. The first-order valence-electron chi connectivity index (χ1n) is 7.12. The van der Waals surface area contributed by atoms with Crippen molar-refractivity contribution in [1.82, 2.24) is 5.32 Å². The van der Waals surface area contributed by atoms with Gasteiger partial charge in [-0.1, -0.05) is 0 Å². The second-order valence-corrected chi connectivity index (χ2v) is 9.09. The highest BCUT2D eigenvalue weighted by Crippen LogP contribution is 2.36. The molecule has 4 N–H and O–H groups in total. The molecule has 0 aliphatic rings. The number of aliphatic hydroxyl groups is 1. The van der Waals surface area contributed by atoms with Crippen LogP contribution in [0.2, 0.25) is 0 Å². The minimum absolute atomic E-state index is 0.0775. The van der Waals surface area contributed by atoms with Crippen molar-refractivity contribution in [1.29, 1.82) is 0 Å². The molecule has 0 unspecified atom stereocenters. The van der Waals surface area contributed by atoms with Crippen molar-refractivity contribution in [3.63, 3.8) is 0 Å². The SMILES string of the molecule is COCC(=O)Nc1c(I)c(C(=O)O)c(I)c(C(=O)NC(C)(C)CO)c1I. The average Bonchev–Trinajstić information content (AvgIpc) is 2.51. The number of hydrogen-bond donors (Lipinski definition) is 4. The van der Waals surface area contributed by atoms with Gasteiger partial charge in [0.05, 0.1) is 36.1 Å². The Morgan fingerprint density at radius 3 is 2.08 bits per heavy atom. The highest BCUT2D eigenvalue weighted by Gasteiger charge is 2.30. The quantitative estimate of drug-likeness (QED) is 0.324. The Morgan fingerprint density at radius 1 is 1.08 bits per heavy atom. The number of aromatic carboxylic acids is 1. The molecule has 0 spiro atoms. The van der Waals surface area contributed by atoms with Crippen LogP contribution in [0.25, 0.3) is 0 Å². The molecule has 0 heterocycles. The minimum Gasteiger partial charge on any atom is -0.478 e. The summed E-state index contributed by atoms with van der Waals surface area (Å²) in [6.07, 6.45) is 0. The molecular formula is C15H17I3N2O6. The van der Waals surface area contributed by atoms with Gasteiger partial charge in [0, 0.05) is 10.7 Å². The van der Waals surface area contributed by atoms with Gasteiger partial charge in [-0.05, 0) is 81.6 Å². The van der Waals surface area contributed by atoms with E-state index in [1.165, 1.54) is 7.11 Å². The Hall–Kier alpha value is -0.260. The lowest BCUT2D eigenvalue weighted by atomic mass is 10.0. The molecule has 11 heteroatoms. The van der Waals surface area contributed by atoms with Crippen LogP contribution in [0, 0.1) is 10.7 Å². The zero-order valence-corrected chi connectivity index (χ0v) is 20.5. The second-order valence-electron chi connectivity index (χ2n) is 5.85. The number of carboxylic acids is 1. The van der Waals surface area contributed by atoms with Crippen molar-refractivity contribution in [2.75, 3.05) is 25.6 Å². The number of carbonyl (C=O) groups excluding carboxylic acids is 2. The van der Waals surface area contributed by atoms with E-state index >= 15 is 0 Å². The molecule has 0 fully saturated rings. The largest absolute Gasteiger partial charge is 0.478 e. The number of carboxylic acid groups (broad SMARTS) is 1. The molecule has 0 saturated carbocycles. The Bertz CT molecular complexity index is 752. The van der Waals surface area contributed by atoms with E-state index in [1.807, 2.05) is 45.2 Å². The number of benzene rings is 1. The smallest absolute Gasteiger partial charge is 0.337 e. The first-order valence-corrected chi connectivity index (χ1v) is 10.4. The second kappa shape index (κ2) is 9.79. The molecule has 0 saturated heterocycles. The third kappa shape index (κ3) is 5.62. The predicted molar refractivity (Wildman–Crippen MR) is 121 cm³/mol. The molecule has 2 amide bonds. The Balaban J connectivity index is 3.59. The highest BCUT2D eigenvalue weighted by atomic mass is 127. The summed E-state index contributed by atoms with van der Waals surface area (Å²) < 4.78 is 5.73. The lowest BCUT2D eigenvalue weighted by Gasteiger charge is -2.25. The number of hydrogen-bond acceptors (Lipinski definition) is 5. The summed E-state index contributed by atoms with van der Waals surface area (Å²) in [5, 5.41) is 24.2. The lowest BCUT2D eigenvalue weighted by molar-refractivity contribution is -0.119. The third-order valence-corrected chi connectivity index (χ3v) is 6.38. The zero-order valence-electron chi connectivity index (χ0n) is 14.1. The van der Waals surface area contributed by atoms with E-state index in [-0.39, 0.29) is 33.6 Å². The van der Waals surface area contributed by atoms with Crippen LogP contribution >= 0.6 is 67.8 Å². The Morgan fingerprint density at radius 2 is 1.62 bits per heavy atom. The van der Waals surface area contributed by atoms with Crippen molar-refractivity contribution in [3.05, 3.63) is 21.8 Å². The van der Waals surface area contributed by atoms with E-state index in [1.54, 1.807) is 36.4 Å². The number of nitrogens with one attached hydrogen (secondary N) is 2. The fourth-order valence-electron chi connectivity index (χ4n) is 1.88. The molecule has 1 aromatic rings. The maximum absolute atomic E-state index is 12.7. The van der Waals surface area contributed by atoms with Crippen LogP contribution in [0.4, 0.5) is 5.69 Å². The predicted octanol–water partition coefficient (Wildman–Crippen LogP) is 2.28. The first kappa shape index (κ1) is 23.8. The van der Waals surface area contributed by atoms with E-state index in [0.29, 0.717) is 7.14 Å². The number of carbonyl (C=O) groups is 3. The summed E-state index contributed by atoms with van der Waals surface area (Å²) in [6.45, 7) is 2.77. The van der Waals surface area contributed by atoms with E-state index in [4.69, 9.17) is 4.74 Å². The average molecular weight is 702 g/mol. The van der Waals surface area contributed by atoms with Gasteiger partial charge in [-0.15, -0.1) is 0 Å². The van der Waals surface area contributed by atoms with Crippen LogP contribution in [-0.4, -0.2) is 53.9 Å². The van der Waals surface area contributed by atoms with Crippen LogP contribution in [0.15, 0.2) is 0 Å². The van der Waals surface area contributed by atoms with Gasteiger partial charge in [0.25, 0.3) is 5.91 Å². The fraction of sp³-hybridized carbons (Fsp3) is 0.400. The van der Waals surface area contributed by atoms with E-state index < -0.39 is 23.3 Å². The molecule has 0 aromatic heterocycles. The lowest BCUT2D eigenvalue weighted by Crippen LogP contribution is -2.46. The van der Waals surface area contributed by atoms with Gasteiger partial charge < -0.3 is 25.6 Å². The first-order chi connectivity index (χ1) is 12.0. The van der Waals surface area contributed by atoms with Crippen molar-refractivity contribution in [2.45, 2.75) is 19.4 Å². The molecular weight excluding hydrogens is 685 g/mol. The van der Waals surface area contributed by atoms with Crippen LogP contribution in [0.3, 0.4) is 0 Å². The van der Waals surface area contributed by atoms with Gasteiger partial charge >= 0.3 is 5.97 Å². The normalized spacial score (nSPS) is 11.2. The highest BCUT2D eigenvalue weighted by molar-refractivity contribution is 14.1. The number of rotatable bonds is 7. The summed E-state index contributed by atoms with van der Waals surface area (Å²) >= 11 is 5.52. The van der Waals surface area contributed by atoms with E-state index in [2.05, 4.69) is 10.6 Å². The van der Waals surface area contributed by atoms with Crippen molar-refractivity contribution < 1.29 is 29.3 Å². The summed E-state index contributed by atoms with van der Waals surface area (Å²) in [7, 11) is 1.36. The molecule has 0 bridgehead atoms. The molecule has 0 atom stereocenters. The number of halogens is 3. The van der Waals surface area contributed by atoms with Gasteiger partial charge in [0.15, 0.2) is 0 Å². The monoisotopic (exact) mass is 702 g/mol. The van der Waals surface area contributed by atoms with Gasteiger partial charge in [-0.2, -0.15) is 0 Å². The molecule has 1 rings (SSSR count). The third-order valence-electron chi connectivity index (χ3n) is 3.14. The number of methoxy groups -OCH3 is 1. The summed E-state index contributed by atoms with van der Waals surface area (Å²) in [5.41, 5.74) is -0.614. The van der Waals surface area contributed by atoms with Crippen molar-refractivity contribution in [2.24, 2.45) is 0 Å². The van der Waals surface area contributed by atoms with Crippen molar-refractivity contribution >= 4 is 91.2 Å². The van der Waals surface area contributed by atoms with E-state index in [0.717, 1.165) is 0 Å². The number of aliphatic hydroxyl groups excluding tert-OH is 1. The zero-order chi connectivity index (χ0) is 20.2. The molecule has 8 nitrogen and oxygen atoms in total. The maximum Gasteiger partial charge on any atom is 0.337 e. The molecule has 0 aliphatic heterocycles.